The second-order valence-corrected chi connectivity index (χ2v) is 7.24. The van der Waals surface area contributed by atoms with E-state index in [1.54, 1.807) is 0 Å². The maximum Gasteiger partial charge on any atom is 0.191 e. The molecule has 2 aliphatic heterocycles. The van der Waals surface area contributed by atoms with Crippen LogP contribution in [0.2, 0.25) is 0 Å². The zero-order valence-corrected chi connectivity index (χ0v) is 15.1. The molecule has 0 spiro atoms. The molecule has 1 aliphatic carbocycles. The highest BCUT2D eigenvalue weighted by molar-refractivity contribution is 5.79. The molecule has 6 nitrogen and oxygen atoms in total. The van der Waals surface area contributed by atoms with E-state index in [0.717, 1.165) is 70.2 Å². The average molecular weight is 338 g/mol. The van der Waals surface area contributed by atoms with Gasteiger partial charge in [-0.1, -0.05) is 0 Å². The van der Waals surface area contributed by atoms with Crippen LogP contribution in [0.1, 0.15) is 39.0 Å². The number of nitrogens with zero attached hydrogens (tertiary/aromatic N) is 2. The van der Waals surface area contributed by atoms with Crippen LogP contribution in [-0.4, -0.2) is 75.5 Å². The third kappa shape index (κ3) is 5.90. The van der Waals surface area contributed by atoms with Crippen LogP contribution in [0.5, 0.6) is 0 Å². The van der Waals surface area contributed by atoms with E-state index in [-0.39, 0.29) is 0 Å². The number of likely N-dealkylation sites (tertiary alicyclic amines) is 1. The van der Waals surface area contributed by atoms with Crippen LogP contribution in [0.3, 0.4) is 0 Å². The van der Waals surface area contributed by atoms with Crippen molar-refractivity contribution in [2.45, 2.75) is 51.2 Å². The Morgan fingerprint density at radius 2 is 2.17 bits per heavy atom. The first-order valence-electron chi connectivity index (χ1n) is 9.80. The molecule has 2 heterocycles. The molecule has 3 aliphatic rings. The minimum absolute atomic E-state index is 0.309. The molecule has 138 valence electrons. The fourth-order valence-electron chi connectivity index (χ4n) is 3.52. The zero-order valence-electron chi connectivity index (χ0n) is 15.1. The van der Waals surface area contributed by atoms with Crippen LogP contribution in [0.25, 0.3) is 0 Å². The van der Waals surface area contributed by atoms with Crippen LogP contribution < -0.4 is 10.6 Å². The van der Waals surface area contributed by atoms with E-state index in [1.165, 1.54) is 32.4 Å². The van der Waals surface area contributed by atoms with E-state index in [2.05, 4.69) is 22.5 Å². The number of nitrogens with one attached hydrogen (secondary N) is 2. The molecule has 2 atom stereocenters. The van der Waals surface area contributed by atoms with E-state index < -0.39 is 0 Å². The predicted molar refractivity (Wildman–Crippen MR) is 96.5 cm³/mol. The largest absolute Gasteiger partial charge is 0.379 e. The van der Waals surface area contributed by atoms with Crippen molar-refractivity contribution in [3.63, 3.8) is 0 Å². The van der Waals surface area contributed by atoms with E-state index in [1.807, 2.05) is 0 Å². The molecule has 24 heavy (non-hydrogen) atoms. The van der Waals surface area contributed by atoms with Crippen LogP contribution in [0.4, 0.5) is 0 Å². The SMILES string of the molecule is CCNC(=NCC1CCN(C2CC2)C1)NCCCOC1CCOC1. The molecule has 2 saturated heterocycles. The fraction of sp³-hybridized carbons (Fsp3) is 0.944. The molecular formula is C18H34N4O2. The highest BCUT2D eigenvalue weighted by atomic mass is 16.5. The molecule has 3 rings (SSSR count). The minimum atomic E-state index is 0.309. The highest BCUT2D eigenvalue weighted by Gasteiger charge is 2.34. The number of hydrogen-bond acceptors (Lipinski definition) is 4. The Morgan fingerprint density at radius 1 is 1.25 bits per heavy atom. The van der Waals surface area contributed by atoms with Crippen molar-refractivity contribution in [3.05, 3.63) is 0 Å². The summed E-state index contributed by atoms with van der Waals surface area (Å²) in [5.74, 6) is 1.68. The van der Waals surface area contributed by atoms with Crippen LogP contribution >= 0.6 is 0 Å². The molecule has 0 radical (unpaired) electrons. The molecule has 0 bridgehead atoms. The average Bonchev–Trinajstić information content (AvgIpc) is 3.11. The highest BCUT2D eigenvalue weighted by Crippen LogP contribution is 2.31. The summed E-state index contributed by atoms with van der Waals surface area (Å²) >= 11 is 0. The van der Waals surface area contributed by atoms with Crippen molar-refractivity contribution in [1.29, 1.82) is 0 Å². The summed E-state index contributed by atoms with van der Waals surface area (Å²) in [5, 5.41) is 6.78. The van der Waals surface area contributed by atoms with Gasteiger partial charge in [0.05, 0.1) is 12.7 Å². The Bertz CT molecular complexity index is 394. The molecule has 1 saturated carbocycles. The van der Waals surface area contributed by atoms with Gasteiger partial charge >= 0.3 is 0 Å². The van der Waals surface area contributed by atoms with Gasteiger partial charge in [-0.2, -0.15) is 0 Å². The first-order chi connectivity index (χ1) is 11.8. The van der Waals surface area contributed by atoms with Gasteiger partial charge in [-0.05, 0) is 51.5 Å². The van der Waals surface area contributed by atoms with Crippen LogP contribution in [0.15, 0.2) is 4.99 Å². The number of hydrogen-bond donors (Lipinski definition) is 2. The summed E-state index contributed by atoms with van der Waals surface area (Å²) in [7, 11) is 0. The van der Waals surface area contributed by atoms with Crippen LogP contribution in [0, 0.1) is 5.92 Å². The number of guanidine groups is 1. The number of rotatable bonds is 9. The Morgan fingerprint density at radius 3 is 2.92 bits per heavy atom. The monoisotopic (exact) mass is 338 g/mol. The molecule has 3 fully saturated rings. The van der Waals surface area contributed by atoms with Gasteiger partial charge in [0.25, 0.3) is 0 Å². The van der Waals surface area contributed by atoms with Crippen molar-refractivity contribution < 1.29 is 9.47 Å². The first kappa shape index (κ1) is 18.0. The van der Waals surface area contributed by atoms with Crippen molar-refractivity contribution in [2.75, 3.05) is 52.5 Å². The van der Waals surface area contributed by atoms with Gasteiger partial charge in [-0.25, -0.2) is 0 Å². The molecule has 6 heteroatoms. The van der Waals surface area contributed by atoms with Gasteiger partial charge in [0.15, 0.2) is 5.96 Å². The molecule has 2 N–H and O–H groups in total. The van der Waals surface area contributed by atoms with Crippen molar-refractivity contribution in [2.24, 2.45) is 10.9 Å². The third-order valence-electron chi connectivity index (χ3n) is 5.09. The Hall–Kier alpha value is -0.850. The summed E-state index contributed by atoms with van der Waals surface area (Å²) in [4.78, 5) is 7.45. The molecule has 0 aromatic rings. The molecule has 0 amide bonds. The van der Waals surface area contributed by atoms with Gasteiger partial charge in [0, 0.05) is 45.4 Å². The maximum absolute atomic E-state index is 5.80. The fourth-order valence-corrected chi connectivity index (χ4v) is 3.52. The normalized spacial score (nSPS) is 28.5. The van der Waals surface area contributed by atoms with E-state index >= 15 is 0 Å². The zero-order chi connectivity index (χ0) is 16.6. The summed E-state index contributed by atoms with van der Waals surface area (Å²) in [6, 6.07) is 0.899. The summed E-state index contributed by atoms with van der Waals surface area (Å²) in [6.07, 6.45) is 6.47. The van der Waals surface area contributed by atoms with E-state index in [0.29, 0.717) is 6.10 Å². The van der Waals surface area contributed by atoms with Crippen LogP contribution in [-0.2, 0) is 9.47 Å². The van der Waals surface area contributed by atoms with Gasteiger partial charge in [0.1, 0.15) is 0 Å². The summed E-state index contributed by atoms with van der Waals surface area (Å²) in [6.45, 7) is 9.77. The van der Waals surface area contributed by atoms with Crippen molar-refractivity contribution >= 4 is 5.96 Å². The Kier molecular flexibility index (Phi) is 7.17. The lowest BCUT2D eigenvalue weighted by Gasteiger charge is -2.15. The Balaban J connectivity index is 1.29. The number of aliphatic imine (C=N–C) groups is 1. The van der Waals surface area contributed by atoms with Crippen molar-refractivity contribution in [1.82, 2.24) is 15.5 Å². The van der Waals surface area contributed by atoms with Gasteiger partial charge in [-0.15, -0.1) is 0 Å². The van der Waals surface area contributed by atoms with Gasteiger partial charge in [-0.3, -0.25) is 4.99 Å². The molecule has 0 aromatic heterocycles. The quantitative estimate of drug-likeness (QED) is 0.376. The minimum Gasteiger partial charge on any atom is -0.379 e. The lowest BCUT2D eigenvalue weighted by molar-refractivity contribution is 0.0420. The second kappa shape index (κ2) is 9.59. The number of ether oxygens (including phenoxy) is 2. The summed E-state index contributed by atoms with van der Waals surface area (Å²) in [5.41, 5.74) is 0. The van der Waals surface area contributed by atoms with Gasteiger partial charge in [0.2, 0.25) is 0 Å². The smallest absolute Gasteiger partial charge is 0.191 e. The second-order valence-electron chi connectivity index (χ2n) is 7.24. The first-order valence-corrected chi connectivity index (χ1v) is 9.80. The maximum atomic E-state index is 5.80. The van der Waals surface area contributed by atoms with E-state index in [9.17, 15) is 0 Å². The van der Waals surface area contributed by atoms with Gasteiger partial charge < -0.3 is 25.0 Å². The molecular weight excluding hydrogens is 304 g/mol. The lowest BCUT2D eigenvalue weighted by atomic mass is 10.1. The lowest BCUT2D eigenvalue weighted by Crippen LogP contribution is -2.38. The van der Waals surface area contributed by atoms with E-state index in [4.69, 9.17) is 14.5 Å². The third-order valence-corrected chi connectivity index (χ3v) is 5.09. The standard InChI is InChI=1S/C18H34N4O2/c1-2-19-18(20-8-3-10-24-17-7-11-23-14-17)21-12-15-6-9-22(13-15)16-4-5-16/h15-17H,2-14H2,1H3,(H2,19,20,21). The predicted octanol–water partition coefficient (Wildman–Crippen LogP) is 1.22. The molecule has 2 unspecified atom stereocenters. The summed E-state index contributed by atoms with van der Waals surface area (Å²) < 4.78 is 11.1. The topological polar surface area (TPSA) is 58.1 Å². The van der Waals surface area contributed by atoms with Crippen molar-refractivity contribution in [3.8, 4) is 0 Å². The Labute approximate surface area is 146 Å². The molecule has 0 aromatic carbocycles.